The second-order valence-corrected chi connectivity index (χ2v) is 5.88. The van der Waals surface area contributed by atoms with E-state index in [-0.39, 0.29) is 0 Å². The number of thiophene rings is 1. The van der Waals surface area contributed by atoms with E-state index in [0.29, 0.717) is 6.04 Å². The van der Waals surface area contributed by atoms with Crippen molar-refractivity contribution < 1.29 is 0 Å². The number of rotatable bonds is 7. The molecule has 92 valence electrons. The molecule has 3 heteroatoms. The summed E-state index contributed by atoms with van der Waals surface area (Å²) < 4.78 is 1.26. The highest BCUT2D eigenvalue weighted by Crippen LogP contribution is 2.35. The van der Waals surface area contributed by atoms with Crippen LogP contribution < -0.4 is 5.32 Å². The maximum Gasteiger partial charge on any atom is 0.0365 e. The van der Waals surface area contributed by atoms with Crippen LogP contribution in [0.1, 0.15) is 51.1 Å². The van der Waals surface area contributed by atoms with Crippen molar-refractivity contribution in [2.24, 2.45) is 5.92 Å². The van der Waals surface area contributed by atoms with Gasteiger partial charge >= 0.3 is 0 Å². The molecular weight excluding hydrogens is 282 g/mol. The van der Waals surface area contributed by atoms with E-state index in [0.717, 1.165) is 5.92 Å². The summed E-state index contributed by atoms with van der Waals surface area (Å²) >= 11 is 5.43. The Bertz CT molecular complexity index is 292. The van der Waals surface area contributed by atoms with Gasteiger partial charge in [-0.3, -0.25) is 0 Å². The van der Waals surface area contributed by atoms with Crippen LogP contribution in [0.4, 0.5) is 0 Å². The first-order valence-electron chi connectivity index (χ1n) is 6.13. The van der Waals surface area contributed by atoms with Crippen molar-refractivity contribution in [3.63, 3.8) is 0 Å². The average molecular weight is 304 g/mol. The van der Waals surface area contributed by atoms with E-state index in [9.17, 15) is 0 Å². The zero-order valence-electron chi connectivity index (χ0n) is 10.4. The van der Waals surface area contributed by atoms with Crippen LogP contribution in [0.15, 0.2) is 15.2 Å². The first kappa shape index (κ1) is 14.2. The Kier molecular flexibility index (Phi) is 6.62. The zero-order valence-corrected chi connectivity index (χ0v) is 12.8. The second kappa shape index (κ2) is 7.46. The molecule has 0 spiro atoms. The molecule has 0 aliphatic rings. The van der Waals surface area contributed by atoms with Crippen LogP contribution in [0.5, 0.6) is 0 Å². The fourth-order valence-corrected chi connectivity index (χ4v) is 3.96. The van der Waals surface area contributed by atoms with Crippen molar-refractivity contribution in [3.05, 3.63) is 20.8 Å². The standard InChI is InChI=1S/C13H22BrNS/c1-4-6-10(7-5-2)13(15-3)11-8-16-9-12(11)14/h8-10,13,15H,4-7H2,1-3H3. The van der Waals surface area contributed by atoms with Crippen molar-refractivity contribution in [2.75, 3.05) is 7.05 Å². The maximum absolute atomic E-state index is 3.65. The Labute approximate surface area is 112 Å². The molecule has 1 N–H and O–H groups in total. The van der Waals surface area contributed by atoms with Gasteiger partial charge in [0.2, 0.25) is 0 Å². The van der Waals surface area contributed by atoms with Gasteiger partial charge in [0, 0.05) is 15.9 Å². The van der Waals surface area contributed by atoms with Crippen molar-refractivity contribution >= 4 is 27.3 Å². The van der Waals surface area contributed by atoms with Gasteiger partial charge in [0.05, 0.1) is 0 Å². The highest BCUT2D eigenvalue weighted by atomic mass is 79.9. The molecule has 0 aromatic carbocycles. The van der Waals surface area contributed by atoms with Crippen LogP contribution in [0.3, 0.4) is 0 Å². The third-order valence-corrected chi connectivity index (χ3v) is 4.83. The van der Waals surface area contributed by atoms with Gasteiger partial charge in [-0.25, -0.2) is 0 Å². The average Bonchev–Trinajstić information content (AvgIpc) is 2.67. The summed E-state index contributed by atoms with van der Waals surface area (Å²) in [6.45, 7) is 4.55. The minimum atomic E-state index is 0.500. The highest BCUT2D eigenvalue weighted by Gasteiger charge is 2.22. The maximum atomic E-state index is 3.65. The van der Waals surface area contributed by atoms with Gasteiger partial charge in [0.1, 0.15) is 0 Å². The predicted molar refractivity (Wildman–Crippen MR) is 77.1 cm³/mol. The van der Waals surface area contributed by atoms with E-state index in [1.807, 2.05) is 0 Å². The normalized spacial score (nSPS) is 13.3. The number of halogens is 1. The number of hydrogen-bond acceptors (Lipinski definition) is 2. The molecule has 1 aromatic heterocycles. The van der Waals surface area contributed by atoms with E-state index in [1.165, 1.54) is 35.7 Å². The largest absolute Gasteiger partial charge is 0.313 e. The molecule has 1 heterocycles. The second-order valence-electron chi connectivity index (χ2n) is 4.28. The van der Waals surface area contributed by atoms with Gasteiger partial charge < -0.3 is 5.32 Å². The van der Waals surface area contributed by atoms with Gasteiger partial charge in [0.15, 0.2) is 0 Å². The predicted octanol–water partition coefficient (Wildman–Crippen LogP) is 4.99. The van der Waals surface area contributed by atoms with Crippen molar-refractivity contribution in [3.8, 4) is 0 Å². The van der Waals surface area contributed by atoms with E-state index < -0.39 is 0 Å². The third kappa shape index (κ3) is 3.57. The van der Waals surface area contributed by atoms with Crippen molar-refractivity contribution in [1.29, 1.82) is 0 Å². The Morgan fingerprint density at radius 3 is 2.25 bits per heavy atom. The van der Waals surface area contributed by atoms with E-state index in [4.69, 9.17) is 0 Å². The van der Waals surface area contributed by atoms with Gasteiger partial charge in [-0.15, -0.1) is 0 Å². The molecule has 0 saturated carbocycles. The fraction of sp³-hybridized carbons (Fsp3) is 0.692. The molecule has 16 heavy (non-hydrogen) atoms. The molecule has 0 radical (unpaired) electrons. The van der Waals surface area contributed by atoms with Crippen LogP contribution >= 0.6 is 27.3 Å². The molecule has 0 amide bonds. The quantitative estimate of drug-likeness (QED) is 0.748. The summed E-state index contributed by atoms with van der Waals surface area (Å²) in [6.07, 6.45) is 5.15. The molecule has 1 atom stereocenters. The van der Waals surface area contributed by atoms with Gasteiger partial charge in [-0.1, -0.05) is 26.7 Å². The van der Waals surface area contributed by atoms with E-state index >= 15 is 0 Å². The molecule has 1 aromatic rings. The fourth-order valence-electron chi connectivity index (χ4n) is 2.38. The lowest BCUT2D eigenvalue weighted by molar-refractivity contribution is 0.331. The molecule has 0 fully saturated rings. The molecule has 0 aliphatic heterocycles. The number of nitrogens with one attached hydrogen (secondary N) is 1. The monoisotopic (exact) mass is 303 g/mol. The Balaban J connectivity index is 2.81. The smallest absolute Gasteiger partial charge is 0.0365 e. The summed E-state index contributed by atoms with van der Waals surface area (Å²) in [5.74, 6) is 0.755. The first-order valence-corrected chi connectivity index (χ1v) is 7.86. The lowest BCUT2D eigenvalue weighted by Crippen LogP contribution is -2.25. The molecule has 1 nitrogen and oxygen atoms in total. The van der Waals surface area contributed by atoms with Crippen LogP contribution in [-0.4, -0.2) is 7.05 Å². The topological polar surface area (TPSA) is 12.0 Å². The summed E-state index contributed by atoms with van der Waals surface area (Å²) in [5.41, 5.74) is 1.43. The first-order chi connectivity index (χ1) is 7.74. The minimum absolute atomic E-state index is 0.500. The Morgan fingerprint density at radius 2 is 1.88 bits per heavy atom. The summed E-state index contributed by atoms with van der Waals surface area (Å²) in [5, 5.41) is 7.93. The lowest BCUT2D eigenvalue weighted by atomic mass is 9.87. The van der Waals surface area contributed by atoms with Gasteiger partial charge in [-0.05, 0) is 52.7 Å². The molecule has 1 rings (SSSR count). The third-order valence-electron chi connectivity index (χ3n) is 3.08. The minimum Gasteiger partial charge on any atom is -0.313 e. The zero-order chi connectivity index (χ0) is 12.0. The SMILES string of the molecule is CCCC(CCC)C(NC)c1cscc1Br. The number of hydrogen-bond donors (Lipinski definition) is 1. The molecule has 0 bridgehead atoms. The lowest BCUT2D eigenvalue weighted by Gasteiger charge is -2.26. The van der Waals surface area contributed by atoms with E-state index in [2.05, 4.69) is 52.9 Å². The van der Waals surface area contributed by atoms with Crippen LogP contribution in [0.25, 0.3) is 0 Å². The molecule has 1 unspecified atom stereocenters. The summed E-state index contributed by atoms with van der Waals surface area (Å²) in [7, 11) is 2.08. The molecule has 0 aliphatic carbocycles. The van der Waals surface area contributed by atoms with Gasteiger partial charge in [-0.2, -0.15) is 11.3 Å². The molecular formula is C13H22BrNS. The summed E-state index contributed by atoms with van der Waals surface area (Å²) in [4.78, 5) is 0. The van der Waals surface area contributed by atoms with E-state index in [1.54, 1.807) is 11.3 Å². The highest BCUT2D eigenvalue weighted by molar-refractivity contribution is 9.10. The van der Waals surface area contributed by atoms with Gasteiger partial charge in [0.25, 0.3) is 0 Å². The summed E-state index contributed by atoms with van der Waals surface area (Å²) in [6, 6.07) is 0.500. The van der Waals surface area contributed by atoms with Crippen LogP contribution in [0.2, 0.25) is 0 Å². The van der Waals surface area contributed by atoms with Crippen molar-refractivity contribution in [2.45, 2.75) is 45.6 Å². The Hall–Kier alpha value is 0.140. The molecule has 0 saturated heterocycles. The van der Waals surface area contributed by atoms with Crippen LogP contribution in [0, 0.1) is 5.92 Å². The Morgan fingerprint density at radius 1 is 1.25 bits per heavy atom. The van der Waals surface area contributed by atoms with Crippen molar-refractivity contribution in [1.82, 2.24) is 5.32 Å². The van der Waals surface area contributed by atoms with Crippen LogP contribution in [-0.2, 0) is 0 Å².